The third-order valence-corrected chi connectivity index (χ3v) is 6.27. The Labute approximate surface area is 154 Å². The number of likely N-dealkylation sites (tertiary alicyclic amines) is 1. The lowest BCUT2D eigenvalue weighted by Gasteiger charge is -2.42. The average molecular weight is 359 g/mol. The Kier molecular flexibility index (Phi) is 4.99. The van der Waals surface area contributed by atoms with Crippen LogP contribution in [0.5, 0.6) is 0 Å². The van der Waals surface area contributed by atoms with E-state index in [2.05, 4.69) is 10.3 Å². The van der Waals surface area contributed by atoms with E-state index in [9.17, 15) is 9.90 Å². The standard InChI is InChI=1S/C20H29N3O3/c1-14-2-5-18(22-13-14)20(25)6-9-23(10-7-20)19(24)15-3-4-17-16(12-15)21-8-11-26-17/h2,5,13,15-17,21,25H,3-4,6-12H2,1H3/t15-,16+,17+/m0/s1. The Morgan fingerprint density at radius 1 is 1.35 bits per heavy atom. The van der Waals surface area contributed by atoms with Crippen molar-refractivity contribution in [1.82, 2.24) is 15.2 Å². The van der Waals surface area contributed by atoms with Crippen LogP contribution in [0, 0.1) is 12.8 Å². The minimum absolute atomic E-state index is 0.0779. The van der Waals surface area contributed by atoms with Crippen LogP contribution in [0.2, 0.25) is 0 Å². The van der Waals surface area contributed by atoms with E-state index in [0.717, 1.165) is 43.7 Å². The van der Waals surface area contributed by atoms with Crippen LogP contribution in [-0.2, 0) is 15.1 Å². The summed E-state index contributed by atoms with van der Waals surface area (Å²) in [5.74, 6) is 0.323. The van der Waals surface area contributed by atoms with E-state index in [-0.39, 0.29) is 17.9 Å². The number of aryl methyl sites for hydroxylation is 1. The van der Waals surface area contributed by atoms with E-state index in [0.29, 0.717) is 32.0 Å². The third kappa shape index (κ3) is 3.50. The summed E-state index contributed by atoms with van der Waals surface area (Å²) in [4.78, 5) is 19.3. The van der Waals surface area contributed by atoms with Crippen LogP contribution in [-0.4, -0.2) is 59.3 Å². The van der Waals surface area contributed by atoms with Crippen molar-refractivity contribution in [2.45, 2.75) is 56.8 Å². The van der Waals surface area contributed by atoms with Crippen LogP contribution < -0.4 is 5.32 Å². The van der Waals surface area contributed by atoms with Gasteiger partial charge in [0.15, 0.2) is 0 Å². The maximum absolute atomic E-state index is 13.0. The molecule has 6 heteroatoms. The number of piperidine rings is 1. The second kappa shape index (κ2) is 7.25. The number of morpholine rings is 1. The number of aromatic nitrogens is 1. The highest BCUT2D eigenvalue weighted by Crippen LogP contribution is 2.34. The van der Waals surface area contributed by atoms with Crippen LogP contribution in [0.25, 0.3) is 0 Å². The number of pyridine rings is 1. The number of ether oxygens (including phenoxy) is 1. The van der Waals surface area contributed by atoms with Gasteiger partial charge in [0.1, 0.15) is 5.60 Å². The lowest BCUT2D eigenvalue weighted by Crippen LogP contribution is -2.54. The third-order valence-electron chi connectivity index (χ3n) is 6.27. The van der Waals surface area contributed by atoms with E-state index < -0.39 is 5.60 Å². The van der Waals surface area contributed by atoms with E-state index >= 15 is 0 Å². The topological polar surface area (TPSA) is 74.7 Å². The summed E-state index contributed by atoms with van der Waals surface area (Å²) in [6.45, 7) is 4.84. The van der Waals surface area contributed by atoms with Gasteiger partial charge in [-0.05, 0) is 50.7 Å². The van der Waals surface area contributed by atoms with Gasteiger partial charge in [0, 0.05) is 37.8 Å². The number of nitrogens with zero attached hydrogens (tertiary/aromatic N) is 2. The first-order chi connectivity index (χ1) is 12.5. The second-order valence-electron chi connectivity index (χ2n) is 8.06. The number of aliphatic hydroxyl groups is 1. The number of rotatable bonds is 2. The zero-order valence-corrected chi connectivity index (χ0v) is 15.5. The van der Waals surface area contributed by atoms with Gasteiger partial charge in [-0.1, -0.05) is 6.07 Å². The molecular weight excluding hydrogens is 330 g/mol. The van der Waals surface area contributed by atoms with E-state index in [4.69, 9.17) is 4.74 Å². The minimum atomic E-state index is -0.916. The molecule has 0 radical (unpaired) electrons. The fourth-order valence-electron chi connectivity index (χ4n) is 4.59. The SMILES string of the molecule is Cc1ccc(C2(O)CCN(C(=O)[C@H]3CC[C@H]4OCCN[C@@H]4C3)CC2)nc1. The van der Waals surface area contributed by atoms with Gasteiger partial charge in [-0.3, -0.25) is 9.78 Å². The first kappa shape index (κ1) is 17.9. The number of hydrogen-bond donors (Lipinski definition) is 2. The van der Waals surface area contributed by atoms with Crippen LogP contribution in [0.3, 0.4) is 0 Å². The highest BCUT2D eigenvalue weighted by atomic mass is 16.5. The molecule has 3 fully saturated rings. The Bertz CT molecular complexity index is 640. The van der Waals surface area contributed by atoms with Crippen molar-refractivity contribution in [3.63, 3.8) is 0 Å². The van der Waals surface area contributed by atoms with Gasteiger partial charge in [0.05, 0.1) is 18.4 Å². The molecule has 0 aromatic carbocycles. The molecule has 3 atom stereocenters. The molecule has 0 bridgehead atoms. The Hall–Kier alpha value is -1.50. The summed E-state index contributed by atoms with van der Waals surface area (Å²) < 4.78 is 5.81. The summed E-state index contributed by atoms with van der Waals surface area (Å²) in [6.07, 6.45) is 5.89. The molecule has 0 unspecified atom stereocenters. The predicted octanol–water partition coefficient (Wildman–Crippen LogP) is 1.36. The summed E-state index contributed by atoms with van der Waals surface area (Å²) in [7, 11) is 0. The summed E-state index contributed by atoms with van der Waals surface area (Å²) in [5, 5.41) is 14.5. The largest absolute Gasteiger partial charge is 0.383 e. The smallest absolute Gasteiger partial charge is 0.225 e. The fraction of sp³-hybridized carbons (Fsp3) is 0.700. The number of nitrogens with one attached hydrogen (secondary N) is 1. The maximum Gasteiger partial charge on any atom is 0.225 e. The molecule has 1 aliphatic carbocycles. The molecule has 6 nitrogen and oxygen atoms in total. The summed E-state index contributed by atoms with van der Waals surface area (Å²) >= 11 is 0. The zero-order chi connectivity index (χ0) is 18.1. The van der Waals surface area contributed by atoms with E-state index in [1.165, 1.54) is 0 Å². The van der Waals surface area contributed by atoms with Gasteiger partial charge in [-0.25, -0.2) is 0 Å². The molecule has 2 aliphatic heterocycles. The van der Waals surface area contributed by atoms with Gasteiger partial charge >= 0.3 is 0 Å². The predicted molar refractivity (Wildman–Crippen MR) is 97.6 cm³/mol. The van der Waals surface area contributed by atoms with Crippen molar-refractivity contribution in [2.24, 2.45) is 5.92 Å². The minimum Gasteiger partial charge on any atom is -0.383 e. The zero-order valence-electron chi connectivity index (χ0n) is 15.5. The Balaban J connectivity index is 1.35. The molecule has 2 N–H and O–H groups in total. The van der Waals surface area contributed by atoms with Crippen LogP contribution >= 0.6 is 0 Å². The molecule has 1 aromatic rings. The monoisotopic (exact) mass is 359 g/mol. The van der Waals surface area contributed by atoms with Crippen LogP contribution in [0.15, 0.2) is 18.3 Å². The Morgan fingerprint density at radius 2 is 2.15 bits per heavy atom. The highest BCUT2D eigenvalue weighted by Gasteiger charge is 2.41. The molecule has 0 spiro atoms. The molecule has 2 saturated heterocycles. The maximum atomic E-state index is 13.0. The van der Waals surface area contributed by atoms with Crippen molar-refractivity contribution in [3.05, 3.63) is 29.6 Å². The molecule has 1 aromatic heterocycles. The quantitative estimate of drug-likeness (QED) is 0.834. The normalized spacial score (nSPS) is 31.3. The first-order valence-corrected chi connectivity index (χ1v) is 9.84. The average Bonchev–Trinajstić information content (AvgIpc) is 2.68. The van der Waals surface area contributed by atoms with Gasteiger partial charge in [0.2, 0.25) is 5.91 Å². The first-order valence-electron chi connectivity index (χ1n) is 9.84. The van der Waals surface area contributed by atoms with Crippen molar-refractivity contribution >= 4 is 5.91 Å². The number of carbonyl (C=O) groups is 1. The van der Waals surface area contributed by atoms with Crippen molar-refractivity contribution in [3.8, 4) is 0 Å². The molecular formula is C20H29N3O3. The fourth-order valence-corrected chi connectivity index (χ4v) is 4.59. The molecule has 1 amide bonds. The second-order valence-corrected chi connectivity index (χ2v) is 8.06. The number of carbonyl (C=O) groups excluding carboxylic acids is 1. The molecule has 26 heavy (non-hydrogen) atoms. The van der Waals surface area contributed by atoms with Crippen molar-refractivity contribution < 1.29 is 14.6 Å². The van der Waals surface area contributed by atoms with Crippen LogP contribution in [0.4, 0.5) is 0 Å². The molecule has 4 rings (SSSR count). The lowest BCUT2D eigenvalue weighted by atomic mass is 9.81. The Morgan fingerprint density at radius 3 is 2.88 bits per heavy atom. The van der Waals surface area contributed by atoms with Crippen LogP contribution in [0.1, 0.15) is 43.4 Å². The molecule has 3 aliphatic rings. The summed E-state index contributed by atoms with van der Waals surface area (Å²) in [6, 6.07) is 4.20. The highest BCUT2D eigenvalue weighted by molar-refractivity contribution is 5.79. The van der Waals surface area contributed by atoms with E-state index in [1.54, 1.807) is 6.20 Å². The van der Waals surface area contributed by atoms with Gasteiger partial charge in [-0.15, -0.1) is 0 Å². The molecule has 142 valence electrons. The number of amides is 1. The van der Waals surface area contributed by atoms with Crippen molar-refractivity contribution in [2.75, 3.05) is 26.2 Å². The number of fused-ring (bicyclic) bond motifs is 1. The van der Waals surface area contributed by atoms with Crippen molar-refractivity contribution in [1.29, 1.82) is 0 Å². The van der Waals surface area contributed by atoms with E-state index in [1.807, 2.05) is 24.0 Å². The van der Waals surface area contributed by atoms with Gasteiger partial charge in [-0.2, -0.15) is 0 Å². The number of hydrogen-bond acceptors (Lipinski definition) is 5. The summed E-state index contributed by atoms with van der Waals surface area (Å²) in [5.41, 5.74) is 0.890. The lowest BCUT2D eigenvalue weighted by molar-refractivity contribution is -0.143. The van der Waals surface area contributed by atoms with Gasteiger partial charge < -0.3 is 20.1 Å². The van der Waals surface area contributed by atoms with Gasteiger partial charge in [0.25, 0.3) is 0 Å². The molecule has 3 heterocycles. The molecule has 1 saturated carbocycles.